The molecular weight excluding hydrogens is 370 g/mol. The second-order valence-corrected chi connectivity index (χ2v) is 8.24. The van der Waals surface area contributed by atoms with Gasteiger partial charge in [0, 0.05) is 16.7 Å². The number of rotatable bonds is 6. The molecule has 0 bridgehead atoms. The number of hydrogen-bond donors (Lipinski definition) is 1. The fourth-order valence-corrected chi connectivity index (χ4v) is 3.63. The van der Waals surface area contributed by atoms with E-state index in [1.807, 2.05) is 68.4 Å². The molecule has 2 aromatic rings. The standard InChI is InChI=1S/C23H28ClN3O/c1-4-5-11-21-20(17-12-14-19(24)15-13-17)16-27(26-21)22(28)25-23(2,3)18-9-7-6-8-10-18/h6-10,12-15,20H,4-5,11,16H2,1-3H3,(H,25,28). The van der Waals surface area contributed by atoms with Crippen LogP contribution in [0.25, 0.3) is 0 Å². The predicted molar refractivity (Wildman–Crippen MR) is 116 cm³/mol. The first-order valence-electron chi connectivity index (χ1n) is 9.88. The molecule has 1 aliphatic rings. The Hall–Kier alpha value is -2.33. The van der Waals surface area contributed by atoms with E-state index in [-0.39, 0.29) is 11.9 Å². The Morgan fingerprint density at radius 2 is 1.86 bits per heavy atom. The zero-order chi connectivity index (χ0) is 20.1. The molecular formula is C23H28ClN3O. The van der Waals surface area contributed by atoms with E-state index in [9.17, 15) is 4.79 Å². The van der Waals surface area contributed by atoms with Crippen molar-refractivity contribution >= 4 is 23.3 Å². The summed E-state index contributed by atoms with van der Waals surface area (Å²) in [4.78, 5) is 13.0. The molecule has 0 spiro atoms. The summed E-state index contributed by atoms with van der Waals surface area (Å²) in [7, 11) is 0. The third-order valence-corrected chi connectivity index (χ3v) is 5.47. The Morgan fingerprint density at radius 1 is 1.18 bits per heavy atom. The fraction of sp³-hybridized carbons (Fsp3) is 0.391. The predicted octanol–water partition coefficient (Wildman–Crippen LogP) is 5.93. The lowest BCUT2D eigenvalue weighted by Gasteiger charge is -2.28. The Kier molecular flexibility index (Phi) is 6.40. The molecule has 4 nitrogen and oxygen atoms in total. The van der Waals surface area contributed by atoms with Crippen molar-refractivity contribution in [3.8, 4) is 0 Å². The van der Waals surface area contributed by atoms with E-state index >= 15 is 0 Å². The number of hydrazone groups is 1. The van der Waals surface area contributed by atoms with Crippen molar-refractivity contribution < 1.29 is 4.79 Å². The molecule has 0 saturated heterocycles. The topological polar surface area (TPSA) is 44.7 Å². The van der Waals surface area contributed by atoms with Crippen molar-refractivity contribution in [2.45, 2.75) is 51.5 Å². The molecule has 1 unspecified atom stereocenters. The van der Waals surface area contributed by atoms with Crippen molar-refractivity contribution in [1.82, 2.24) is 10.3 Å². The molecule has 1 atom stereocenters. The van der Waals surface area contributed by atoms with Crippen molar-refractivity contribution in [1.29, 1.82) is 0 Å². The monoisotopic (exact) mass is 397 g/mol. The first kappa shape index (κ1) is 20.4. The lowest BCUT2D eigenvalue weighted by Crippen LogP contribution is -2.46. The maximum absolute atomic E-state index is 13.0. The molecule has 28 heavy (non-hydrogen) atoms. The van der Waals surface area contributed by atoms with E-state index < -0.39 is 5.54 Å². The third-order valence-electron chi connectivity index (χ3n) is 5.22. The summed E-state index contributed by atoms with van der Waals surface area (Å²) in [5.74, 6) is 0.120. The van der Waals surface area contributed by atoms with E-state index in [4.69, 9.17) is 11.6 Å². The highest BCUT2D eigenvalue weighted by atomic mass is 35.5. The maximum Gasteiger partial charge on any atom is 0.338 e. The fourth-order valence-electron chi connectivity index (χ4n) is 3.51. The van der Waals surface area contributed by atoms with Crippen LogP contribution in [-0.4, -0.2) is 23.3 Å². The van der Waals surface area contributed by atoms with Crippen LogP contribution in [0.1, 0.15) is 57.1 Å². The number of halogens is 1. The van der Waals surface area contributed by atoms with Gasteiger partial charge >= 0.3 is 6.03 Å². The van der Waals surface area contributed by atoms with Gasteiger partial charge < -0.3 is 5.32 Å². The van der Waals surface area contributed by atoms with Crippen LogP contribution < -0.4 is 5.32 Å². The minimum absolute atomic E-state index is 0.120. The van der Waals surface area contributed by atoms with Gasteiger partial charge in [0.2, 0.25) is 0 Å². The maximum atomic E-state index is 13.0. The van der Waals surface area contributed by atoms with Gasteiger partial charge in [0.1, 0.15) is 0 Å². The number of nitrogens with one attached hydrogen (secondary N) is 1. The first-order valence-corrected chi connectivity index (χ1v) is 10.3. The lowest BCUT2D eigenvalue weighted by molar-refractivity contribution is 0.192. The Balaban J connectivity index is 1.76. The summed E-state index contributed by atoms with van der Waals surface area (Å²) >= 11 is 6.04. The highest BCUT2D eigenvalue weighted by Gasteiger charge is 2.33. The van der Waals surface area contributed by atoms with Crippen LogP contribution in [0.2, 0.25) is 5.02 Å². The number of nitrogens with zero attached hydrogens (tertiary/aromatic N) is 2. The van der Waals surface area contributed by atoms with Gasteiger partial charge in [-0.15, -0.1) is 0 Å². The third kappa shape index (κ3) is 4.74. The van der Waals surface area contributed by atoms with Gasteiger partial charge in [-0.25, -0.2) is 9.80 Å². The highest BCUT2D eigenvalue weighted by Crippen LogP contribution is 2.29. The molecule has 5 heteroatoms. The van der Waals surface area contributed by atoms with Gasteiger partial charge in [-0.1, -0.05) is 67.4 Å². The largest absolute Gasteiger partial charge is 0.338 e. The van der Waals surface area contributed by atoms with Gasteiger partial charge in [-0.3, -0.25) is 0 Å². The van der Waals surface area contributed by atoms with Crippen LogP contribution in [0.3, 0.4) is 0 Å². The SMILES string of the molecule is CCCCC1=NN(C(=O)NC(C)(C)c2ccccc2)CC1c1ccc(Cl)cc1. The molecule has 0 radical (unpaired) electrons. The van der Waals surface area contributed by atoms with Crippen LogP contribution >= 0.6 is 11.6 Å². The smallest absolute Gasteiger partial charge is 0.328 e. The Labute approximate surface area is 172 Å². The summed E-state index contributed by atoms with van der Waals surface area (Å²) in [5, 5.41) is 10.1. The molecule has 0 fully saturated rings. The van der Waals surface area contributed by atoms with Crippen LogP contribution in [0.15, 0.2) is 59.7 Å². The van der Waals surface area contributed by atoms with Gasteiger partial charge in [-0.05, 0) is 49.9 Å². The van der Waals surface area contributed by atoms with Gasteiger partial charge in [-0.2, -0.15) is 5.10 Å². The summed E-state index contributed by atoms with van der Waals surface area (Å²) in [6.07, 6.45) is 3.06. The second kappa shape index (κ2) is 8.78. The molecule has 2 amide bonds. The molecule has 1 aliphatic heterocycles. The van der Waals surface area contributed by atoms with Crippen LogP contribution in [0, 0.1) is 0 Å². The zero-order valence-corrected chi connectivity index (χ0v) is 17.5. The van der Waals surface area contributed by atoms with Crippen LogP contribution in [0.5, 0.6) is 0 Å². The van der Waals surface area contributed by atoms with Crippen molar-refractivity contribution in [3.05, 3.63) is 70.7 Å². The molecule has 148 valence electrons. The molecule has 1 N–H and O–H groups in total. The normalized spacial score (nSPS) is 16.8. The summed E-state index contributed by atoms with van der Waals surface area (Å²) in [5.41, 5.74) is 2.80. The molecule has 3 rings (SSSR count). The van der Waals surface area contributed by atoms with Crippen molar-refractivity contribution in [2.24, 2.45) is 5.10 Å². The number of urea groups is 1. The average Bonchev–Trinajstić information content (AvgIpc) is 3.12. The van der Waals surface area contributed by atoms with E-state index in [1.54, 1.807) is 5.01 Å². The zero-order valence-electron chi connectivity index (χ0n) is 16.8. The van der Waals surface area contributed by atoms with Crippen molar-refractivity contribution in [2.75, 3.05) is 6.54 Å². The molecule has 2 aromatic carbocycles. The number of benzene rings is 2. The van der Waals surface area contributed by atoms with E-state index in [2.05, 4.69) is 17.3 Å². The second-order valence-electron chi connectivity index (χ2n) is 7.80. The van der Waals surface area contributed by atoms with Gasteiger partial charge in [0.15, 0.2) is 0 Å². The summed E-state index contributed by atoms with van der Waals surface area (Å²) in [6.45, 7) is 6.74. The minimum Gasteiger partial charge on any atom is -0.328 e. The number of carbonyl (C=O) groups is 1. The highest BCUT2D eigenvalue weighted by molar-refractivity contribution is 6.30. The van der Waals surface area contributed by atoms with E-state index in [0.29, 0.717) is 11.6 Å². The average molecular weight is 398 g/mol. The number of unbranched alkanes of at least 4 members (excludes halogenated alkanes) is 1. The first-order chi connectivity index (χ1) is 13.4. The molecule has 0 aliphatic carbocycles. The lowest BCUT2D eigenvalue weighted by atomic mass is 9.92. The van der Waals surface area contributed by atoms with Crippen LogP contribution in [0.4, 0.5) is 4.79 Å². The van der Waals surface area contributed by atoms with E-state index in [1.165, 1.54) is 0 Å². The van der Waals surface area contributed by atoms with Crippen molar-refractivity contribution in [3.63, 3.8) is 0 Å². The summed E-state index contributed by atoms with van der Waals surface area (Å²) < 4.78 is 0. The Morgan fingerprint density at radius 3 is 2.50 bits per heavy atom. The molecule has 0 aromatic heterocycles. The Bertz CT molecular complexity index is 831. The number of carbonyl (C=O) groups excluding carboxylic acids is 1. The molecule has 0 saturated carbocycles. The number of hydrogen-bond acceptors (Lipinski definition) is 2. The quantitative estimate of drug-likeness (QED) is 0.644. The van der Waals surface area contributed by atoms with E-state index in [0.717, 1.165) is 36.1 Å². The summed E-state index contributed by atoms with van der Waals surface area (Å²) in [6, 6.07) is 17.7. The minimum atomic E-state index is -0.476. The van der Waals surface area contributed by atoms with Gasteiger partial charge in [0.05, 0.1) is 12.1 Å². The van der Waals surface area contributed by atoms with Crippen LogP contribution in [-0.2, 0) is 5.54 Å². The number of amides is 2. The molecule has 1 heterocycles. The van der Waals surface area contributed by atoms with Gasteiger partial charge in [0.25, 0.3) is 0 Å².